The van der Waals surface area contributed by atoms with E-state index in [9.17, 15) is 13.2 Å². The smallest absolute Gasteiger partial charge is 0.261 e. The maximum Gasteiger partial charge on any atom is 0.261 e. The second-order valence-corrected chi connectivity index (χ2v) is 8.38. The van der Waals surface area contributed by atoms with E-state index in [4.69, 9.17) is 11.6 Å². The van der Waals surface area contributed by atoms with Crippen molar-refractivity contribution in [1.29, 1.82) is 0 Å². The molecule has 0 saturated carbocycles. The molecule has 2 heterocycles. The molecule has 0 spiro atoms. The van der Waals surface area contributed by atoms with Crippen LogP contribution in [0, 0.1) is 6.92 Å². The summed E-state index contributed by atoms with van der Waals surface area (Å²) >= 11 is 6.20. The number of benzene rings is 1. The average molecular weight is 422 g/mol. The number of nitrogens with zero attached hydrogens (tertiary/aromatic N) is 4. The minimum absolute atomic E-state index is 0.0608. The largest absolute Gasteiger partial charge is 0.320 e. The number of carbonyl (C=O) groups excluding carboxylic acids is 1. The van der Waals surface area contributed by atoms with Gasteiger partial charge in [0.15, 0.2) is 5.65 Å². The second-order valence-electron chi connectivity index (χ2n) is 6.03. The van der Waals surface area contributed by atoms with Crippen molar-refractivity contribution in [2.45, 2.75) is 25.7 Å². The highest BCUT2D eigenvalue weighted by Gasteiger charge is 2.24. The van der Waals surface area contributed by atoms with Crippen LogP contribution >= 0.6 is 11.6 Å². The summed E-state index contributed by atoms with van der Waals surface area (Å²) in [5, 5.41) is 7.17. The molecule has 3 rings (SSSR count). The van der Waals surface area contributed by atoms with Crippen LogP contribution < -0.4 is 5.32 Å². The molecule has 0 aliphatic heterocycles. The third-order valence-electron chi connectivity index (χ3n) is 4.33. The fourth-order valence-corrected chi connectivity index (χ4v) is 4.57. The van der Waals surface area contributed by atoms with Crippen molar-refractivity contribution in [3.63, 3.8) is 0 Å². The molecule has 2 aromatic heterocycles. The molecule has 0 saturated heterocycles. The summed E-state index contributed by atoms with van der Waals surface area (Å²) in [4.78, 5) is 17.1. The van der Waals surface area contributed by atoms with Crippen molar-refractivity contribution in [3.8, 4) is 0 Å². The number of sulfonamides is 1. The number of nitrogens with one attached hydrogen (secondary N) is 1. The summed E-state index contributed by atoms with van der Waals surface area (Å²) in [6.07, 6.45) is 3.26. The molecule has 0 fully saturated rings. The molecule has 0 bridgehead atoms. The molecule has 1 N–H and O–H groups in total. The summed E-state index contributed by atoms with van der Waals surface area (Å²) in [5.74, 6) is -0.467. The van der Waals surface area contributed by atoms with Gasteiger partial charge in [0, 0.05) is 25.5 Å². The van der Waals surface area contributed by atoms with Gasteiger partial charge >= 0.3 is 0 Å². The number of amides is 1. The maximum atomic E-state index is 12.8. The minimum atomic E-state index is -3.68. The standard InChI is InChI=1S/C18H20ClN5O3S/c1-4-23(5-2)28(26,27)13-7-8-14(19)15(11-13)21-18(25)16-12(3)22-24-10-6-9-20-17(16)24/h6-11H,4-5H2,1-3H3,(H,21,25). The first-order valence-corrected chi connectivity index (χ1v) is 10.5. The number of aromatic nitrogens is 3. The Kier molecular flexibility index (Phi) is 5.69. The number of aryl methyl sites for hydroxylation is 1. The first-order chi connectivity index (χ1) is 13.3. The molecule has 8 nitrogen and oxygen atoms in total. The predicted octanol–water partition coefficient (Wildman–Crippen LogP) is 2.97. The number of hydrogen-bond donors (Lipinski definition) is 1. The van der Waals surface area contributed by atoms with E-state index in [1.165, 1.54) is 27.0 Å². The van der Waals surface area contributed by atoms with Crippen LogP contribution in [-0.2, 0) is 10.0 Å². The number of anilines is 1. The number of fused-ring (bicyclic) bond motifs is 1. The minimum Gasteiger partial charge on any atom is -0.320 e. The van der Waals surface area contributed by atoms with Crippen LogP contribution in [-0.4, -0.2) is 46.3 Å². The summed E-state index contributed by atoms with van der Waals surface area (Å²) in [6, 6.07) is 5.95. The van der Waals surface area contributed by atoms with E-state index in [0.717, 1.165) is 0 Å². The van der Waals surface area contributed by atoms with E-state index < -0.39 is 15.9 Å². The van der Waals surface area contributed by atoms with Crippen molar-refractivity contribution >= 4 is 38.9 Å². The Bertz CT molecular complexity index is 1140. The average Bonchev–Trinajstić information content (AvgIpc) is 2.99. The van der Waals surface area contributed by atoms with Crippen LogP contribution in [0.15, 0.2) is 41.6 Å². The molecule has 28 heavy (non-hydrogen) atoms. The van der Waals surface area contributed by atoms with Crippen molar-refractivity contribution in [2.75, 3.05) is 18.4 Å². The fourth-order valence-electron chi connectivity index (χ4n) is 2.92. The Hall–Kier alpha value is -2.49. The van der Waals surface area contributed by atoms with E-state index in [1.807, 2.05) is 0 Å². The molecule has 3 aromatic rings. The number of halogens is 1. The molecular weight excluding hydrogens is 402 g/mol. The van der Waals surface area contributed by atoms with Gasteiger partial charge in [-0.3, -0.25) is 4.79 Å². The Balaban J connectivity index is 1.98. The van der Waals surface area contributed by atoms with Gasteiger partial charge in [0.1, 0.15) is 5.56 Å². The Labute approximate surface area is 168 Å². The van der Waals surface area contributed by atoms with Gasteiger partial charge < -0.3 is 5.32 Å². The Morgan fingerprint density at radius 1 is 1.29 bits per heavy atom. The Morgan fingerprint density at radius 2 is 2.00 bits per heavy atom. The molecule has 1 amide bonds. The van der Waals surface area contributed by atoms with Gasteiger partial charge in [0.2, 0.25) is 10.0 Å². The molecule has 148 valence electrons. The first kappa shape index (κ1) is 20.2. The van der Waals surface area contributed by atoms with Crippen LogP contribution in [0.2, 0.25) is 5.02 Å². The summed E-state index contributed by atoms with van der Waals surface area (Å²) in [5.41, 5.74) is 1.41. The van der Waals surface area contributed by atoms with E-state index in [-0.39, 0.29) is 15.6 Å². The highest BCUT2D eigenvalue weighted by atomic mass is 35.5. The molecule has 0 aliphatic carbocycles. The van der Waals surface area contributed by atoms with E-state index in [2.05, 4.69) is 15.4 Å². The van der Waals surface area contributed by atoms with E-state index in [0.29, 0.717) is 30.0 Å². The molecule has 0 aliphatic rings. The molecular formula is C18H20ClN5O3S. The maximum absolute atomic E-state index is 12.8. The lowest BCUT2D eigenvalue weighted by Gasteiger charge is -2.19. The van der Waals surface area contributed by atoms with Gasteiger partial charge in [-0.1, -0.05) is 25.4 Å². The summed E-state index contributed by atoms with van der Waals surface area (Å²) in [7, 11) is -3.68. The zero-order chi connectivity index (χ0) is 20.5. The highest BCUT2D eigenvalue weighted by Crippen LogP contribution is 2.28. The van der Waals surface area contributed by atoms with Gasteiger partial charge in [0.05, 0.1) is 21.3 Å². The third-order valence-corrected chi connectivity index (χ3v) is 6.70. The molecule has 0 atom stereocenters. The second kappa shape index (κ2) is 7.86. The SMILES string of the molecule is CCN(CC)S(=O)(=O)c1ccc(Cl)c(NC(=O)c2c(C)nn3cccnc23)c1. The topological polar surface area (TPSA) is 96.7 Å². The molecule has 10 heteroatoms. The van der Waals surface area contributed by atoms with Crippen LogP contribution in [0.25, 0.3) is 5.65 Å². The zero-order valence-electron chi connectivity index (χ0n) is 15.7. The summed E-state index contributed by atoms with van der Waals surface area (Å²) in [6.45, 7) is 5.92. The lowest BCUT2D eigenvalue weighted by molar-refractivity contribution is 0.102. The highest BCUT2D eigenvalue weighted by molar-refractivity contribution is 7.89. The van der Waals surface area contributed by atoms with Crippen LogP contribution in [0.1, 0.15) is 29.9 Å². The van der Waals surface area contributed by atoms with Gasteiger partial charge in [-0.15, -0.1) is 0 Å². The first-order valence-electron chi connectivity index (χ1n) is 8.70. The van der Waals surface area contributed by atoms with Gasteiger partial charge in [0.25, 0.3) is 5.91 Å². The van der Waals surface area contributed by atoms with Crippen molar-refractivity contribution in [1.82, 2.24) is 18.9 Å². The lowest BCUT2D eigenvalue weighted by atomic mass is 10.2. The van der Waals surface area contributed by atoms with Crippen molar-refractivity contribution < 1.29 is 13.2 Å². The monoisotopic (exact) mass is 421 g/mol. The molecule has 0 radical (unpaired) electrons. The normalized spacial score (nSPS) is 11.9. The van der Waals surface area contributed by atoms with Crippen LogP contribution in [0.4, 0.5) is 5.69 Å². The van der Waals surface area contributed by atoms with Gasteiger partial charge in [-0.05, 0) is 31.2 Å². The predicted molar refractivity (Wildman–Crippen MR) is 107 cm³/mol. The third kappa shape index (κ3) is 3.60. The summed E-state index contributed by atoms with van der Waals surface area (Å²) < 4.78 is 28.3. The lowest BCUT2D eigenvalue weighted by Crippen LogP contribution is -2.30. The molecule has 1 aromatic carbocycles. The van der Waals surface area contributed by atoms with Gasteiger partial charge in [-0.2, -0.15) is 9.40 Å². The van der Waals surface area contributed by atoms with Crippen LogP contribution in [0.5, 0.6) is 0 Å². The van der Waals surface area contributed by atoms with Gasteiger partial charge in [-0.25, -0.2) is 17.9 Å². The molecule has 0 unspecified atom stereocenters. The number of carbonyl (C=O) groups is 1. The quantitative estimate of drug-likeness (QED) is 0.660. The Morgan fingerprint density at radius 3 is 2.68 bits per heavy atom. The van der Waals surface area contributed by atoms with E-state index >= 15 is 0 Å². The van der Waals surface area contributed by atoms with E-state index in [1.54, 1.807) is 39.2 Å². The number of rotatable bonds is 6. The van der Waals surface area contributed by atoms with Crippen molar-refractivity contribution in [3.05, 3.63) is 52.9 Å². The van der Waals surface area contributed by atoms with Crippen molar-refractivity contribution in [2.24, 2.45) is 0 Å². The van der Waals surface area contributed by atoms with Crippen LogP contribution in [0.3, 0.4) is 0 Å². The fraction of sp³-hybridized carbons (Fsp3) is 0.278. The number of hydrogen-bond acceptors (Lipinski definition) is 5. The zero-order valence-corrected chi connectivity index (χ0v) is 17.3.